The Morgan fingerprint density at radius 2 is 1.97 bits per heavy atom. The Hall–Kier alpha value is -1.82. The van der Waals surface area contributed by atoms with Crippen molar-refractivity contribution in [3.8, 4) is 0 Å². The monoisotopic (exact) mass is 465 g/mol. The SMILES string of the molecule is COC1C(F)=C(F)C=CC1C1C(C)[C@](C)(C(F)(F)F)O[C@H]1C1NC(/C=C\N)C(N)[C@@H]1C=O. The van der Waals surface area contributed by atoms with Crippen LogP contribution in [-0.4, -0.2) is 55.5 Å². The Kier molecular flexibility index (Phi) is 6.86. The minimum atomic E-state index is -4.76. The number of hydrogen-bond acceptors (Lipinski definition) is 6. The molecule has 6 nitrogen and oxygen atoms in total. The molecule has 0 aromatic heterocycles. The van der Waals surface area contributed by atoms with Gasteiger partial charge in [0, 0.05) is 43.0 Å². The van der Waals surface area contributed by atoms with E-state index in [0.717, 1.165) is 20.1 Å². The van der Waals surface area contributed by atoms with E-state index in [1.165, 1.54) is 25.3 Å². The number of allylic oxidation sites excluding steroid dienone is 2. The highest BCUT2D eigenvalue weighted by Crippen LogP contribution is 2.55. The number of alkyl halides is 3. The lowest BCUT2D eigenvalue weighted by atomic mass is 9.69. The second-order valence-corrected chi connectivity index (χ2v) is 8.74. The molecule has 10 atom stereocenters. The number of carbonyl (C=O) groups excluding carboxylic acids is 1. The Labute approximate surface area is 182 Å². The fourth-order valence-corrected chi connectivity index (χ4v) is 5.30. The van der Waals surface area contributed by atoms with Gasteiger partial charge in [0.15, 0.2) is 17.3 Å². The molecule has 0 spiro atoms. The van der Waals surface area contributed by atoms with Gasteiger partial charge in [-0.05, 0) is 25.1 Å². The molecule has 7 unspecified atom stereocenters. The number of nitrogens with one attached hydrogen (secondary N) is 1. The normalized spacial score (nSPS) is 45.2. The summed E-state index contributed by atoms with van der Waals surface area (Å²) in [5, 5.41) is 3.06. The summed E-state index contributed by atoms with van der Waals surface area (Å²) in [7, 11) is 1.15. The van der Waals surface area contributed by atoms with Crippen LogP contribution >= 0.6 is 0 Å². The molecule has 2 fully saturated rings. The maximum Gasteiger partial charge on any atom is 0.417 e. The van der Waals surface area contributed by atoms with Crippen molar-refractivity contribution in [1.29, 1.82) is 0 Å². The topological polar surface area (TPSA) is 99.6 Å². The lowest BCUT2D eigenvalue weighted by Gasteiger charge is -2.37. The molecule has 0 saturated carbocycles. The molecule has 0 aromatic carbocycles. The predicted octanol–water partition coefficient (Wildman–Crippen LogP) is 2.27. The number of aldehydes is 1. The van der Waals surface area contributed by atoms with Crippen molar-refractivity contribution < 1.29 is 36.2 Å². The summed E-state index contributed by atoms with van der Waals surface area (Å²) in [5.74, 6) is -6.36. The molecule has 2 saturated heterocycles. The van der Waals surface area contributed by atoms with Gasteiger partial charge in [-0.2, -0.15) is 13.2 Å². The first-order chi connectivity index (χ1) is 14.9. The van der Waals surface area contributed by atoms with Crippen molar-refractivity contribution in [1.82, 2.24) is 5.32 Å². The zero-order valence-electron chi connectivity index (χ0n) is 17.9. The molecule has 0 bridgehead atoms. The summed E-state index contributed by atoms with van der Waals surface area (Å²) in [6.07, 6.45) is -1.89. The summed E-state index contributed by atoms with van der Waals surface area (Å²) in [6.45, 7) is 2.28. The van der Waals surface area contributed by atoms with Crippen LogP contribution in [0.15, 0.2) is 36.1 Å². The Bertz CT molecular complexity index is 817. The number of nitrogens with two attached hydrogens (primary N) is 2. The van der Waals surface area contributed by atoms with Gasteiger partial charge in [0.25, 0.3) is 0 Å². The van der Waals surface area contributed by atoms with Gasteiger partial charge in [0.05, 0.1) is 6.10 Å². The molecule has 3 aliphatic rings. The number of hydrogen-bond donors (Lipinski definition) is 3. The van der Waals surface area contributed by atoms with Crippen molar-refractivity contribution in [2.75, 3.05) is 7.11 Å². The molecular weight excluding hydrogens is 437 g/mol. The van der Waals surface area contributed by atoms with Gasteiger partial charge in [0.2, 0.25) is 0 Å². The maximum atomic E-state index is 14.5. The van der Waals surface area contributed by atoms with Gasteiger partial charge < -0.3 is 31.1 Å². The minimum Gasteiger partial charge on any atom is -0.405 e. The van der Waals surface area contributed by atoms with Crippen molar-refractivity contribution >= 4 is 6.29 Å². The quantitative estimate of drug-likeness (QED) is 0.426. The molecular formula is C21H28F5N3O3. The average Bonchev–Trinajstić information content (AvgIpc) is 3.18. The largest absolute Gasteiger partial charge is 0.417 e. The Balaban J connectivity index is 2.08. The van der Waals surface area contributed by atoms with E-state index in [1.807, 2.05) is 0 Å². The highest BCUT2D eigenvalue weighted by Gasteiger charge is 2.67. The second-order valence-electron chi connectivity index (χ2n) is 8.74. The second kappa shape index (κ2) is 8.85. The number of methoxy groups -OCH3 is 1. The van der Waals surface area contributed by atoms with Gasteiger partial charge in [-0.1, -0.05) is 19.1 Å². The fourth-order valence-electron chi connectivity index (χ4n) is 5.30. The van der Waals surface area contributed by atoms with Crippen molar-refractivity contribution in [2.24, 2.45) is 35.1 Å². The van der Waals surface area contributed by atoms with Crippen LogP contribution in [0.25, 0.3) is 0 Å². The highest BCUT2D eigenvalue weighted by atomic mass is 19.4. The molecule has 11 heteroatoms. The third-order valence-corrected chi connectivity index (χ3v) is 7.25. The molecule has 0 amide bonds. The van der Waals surface area contributed by atoms with E-state index in [0.29, 0.717) is 6.29 Å². The molecule has 32 heavy (non-hydrogen) atoms. The molecule has 3 rings (SSSR count). The smallest absolute Gasteiger partial charge is 0.405 e. The van der Waals surface area contributed by atoms with E-state index in [2.05, 4.69) is 5.32 Å². The van der Waals surface area contributed by atoms with Gasteiger partial charge in [-0.25, -0.2) is 8.78 Å². The average molecular weight is 465 g/mol. The number of carbonyl (C=O) groups is 1. The number of halogens is 5. The number of ether oxygens (including phenoxy) is 2. The van der Waals surface area contributed by atoms with Gasteiger partial charge in [0.1, 0.15) is 12.4 Å². The summed E-state index contributed by atoms with van der Waals surface area (Å²) >= 11 is 0. The highest BCUT2D eigenvalue weighted by molar-refractivity contribution is 5.58. The van der Waals surface area contributed by atoms with Crippen LogP contribution < -0.4 is 16.8 Å². The van der Waals surface area contributed by atoms with E-state index < -0.39 is 77.4 Å². The van der Waals surface area contributed by atoms with Crippen LogP contribution in [0, 0.1) is 23.7 Å². The predicted molar refractivity (Wildman–Crippen MR) is 106 cm³/mol. The van der Waals surface area contributed by atoms with Crippen molar-refractivity contribution in [3.63, 3.8) is 0 Å². The minimum absolute atomic E-state index is 0.575. The summed E-state index contributed by atoms with van der Waals surface area (Å²) in [5.41, 5.74) is 8.99. The Morgan fingerprint density at radius 1 is 1.31 bits per heavy atom. The first-order valence-electron chi connectivity index (χ1n) is 10.3. The first kappa shape index (κ1) is 24.8. The van der Waals surface area contributed by atoms with Crippen LogP contribution in [0.3, 0.4) is 0 Å². The third-order valence-electron chi connectivity index (χ3n) is 7.25. The molecule has 0 radical (unpaired) electrons. The maximum absolute atomic E-state index is 14.5. The molecule has 2 aliphatic heterocycles. The third kappa shape index (κ3) is 3.78. The zero-order chi connectivity index (χ0) is 24.0. The molecule has 0 aromatic rings. The standard InChI is InChI=1S/C21H28F5N3O3/c1-9-14(10-4-5-12(22)15(23)18(10)31-3)19(32-20(9,2)21(24,25)26)17-11(8-30)16(28)13(29-17)6-7-27/h4-11,13-14,16-19,29H,27-28H2,1-3H3/b7-6-/t9?,10?,11-,13?,14?,16?,17?,18?,19+,20+/m0/s1. The van der Waals surface area contributed by atoms with Crippen LogP contribution in [0.1, 0.15) is 13.8 Å². The van der Waals surface area contributed by atoms with Crippen LogP contribution in [0.5, 0.6) is 0 Å². The zero-order valence-corrected chi connectivity index (χ0v) is 17.9. The first-order valence-corrected chi connectivity index (χ1v) is 10.3. The van der Waals surface area contributed by atoms with Crippen LogP contribution in [0.4, 0.5) is 22.0 Å². The molecule has 5 N–H and O–H groups in total. The van der Waals surface area contributed by atoms with Crippen LogP contribution in [-0.2, 0) is 14.3 Å². The van der Waals surface area contributed by atoms with E-state index in [4.69, 9.17) is 20.9 Å². The fraction of sp³-hybridized carbons (Fsp3) is 0.667. The van der Waals surface area contributed by atoms with Crippen molar-refractivity contribution in [3.05, 3.63) is 36.1 Å². The van der Waals surface area contributed by atoms with Gasteiger partial charge in [-0.3, -0.25) is 0 Å². The van der Waals surface area contributed by atoms with Crippen molar-refractivity contribution in [2.45, 2.75) is 56.0 Å². The summed E-state index contributed by atoms with van der Waals surface area (Å²) < 4.78 is 81.5. The van der Waals surface area contributed by atoms with E-state index in [1.54, 1.807) is 0 Å². The lowest BCUT2D eigenvalue weighted by molar-refractivity contribution is -0.276. The van der Waals surface area contributed by atoms with E-state index in [9.17, 15) is 26.7 Å². The molecule has 180 valence electrons. The lowest BCUT2D eigenvalue weighted by Crippen LogP contribution is -2.49. The van der Waals surface area contributed by atoms with E-state index >= 15 is 0 Å². The summed E-state index contributed by atoms with van der Waals surface area (Å²) in [6, 6.07) is -2.25. The van der Waals surface area contributed by atoms with Gasteiger partial charge >= 0.3 is 6.18 Å². The Morgan fingerprint density at radius 3 is 2.50 bits per heavy atom. The van der Waals surface area contributed by atoms with Crippen LogP contribution in [0.2, 0.25) is 0 Å². The molecule has 2 heterocycles. The van der Waals surface area contributed by atoms with E-state index in [-0.39, 0.29) is 0 Å². The summed E-state index contributed by atoms with van der Waals surface area (Å²) in [4.78, 5) is 11.9. The van der Waals surface area contributed by atoms with Gasteiger partial charge in [-0.15, -0.1) is 0 Å². The molecule has 1 aliphatic carbocycles. The number of rotatable bonds is 5.